The van der Waals surface area contributed by atoms with Gasteiger partial charge < -0.3 is 20.1 Å². The Hall–Kier alpha value is -3.82. The highest BCUT2D eigenvalue weighted by Crippen LogP contribution is 2.24. The quantitative estimate of drug-likeness (QED) is 0.644. The summed E-state index contributed by atoms with van der Waals surface area (Å²) in [5, 5.41) is 13.1. The van der Waals surface area contributed by atoms with Crippen LogP contribution in [0.15, 0.2) is 60.7 Å². The normalized spacial score (nSPS) is 10.9. The maximum atomic E-state index is 12.2. The van der Waals surface area contributed by atoms with Gasteiger partial charge in [-0.15, -0.1) is 23.4 Å². The number of nitrogens with zero attached hydrogens (tertiary/aromatic N) is 2. The second-order valence-electron chi connectivity index (χ2n) is 5.69. The van der Waals surface area contributed by atoms with Gasteiger partial charge in [0.2, 0.25) is 5.88 Å². The number of aromatic nitrogens is 2. The van der Waals surface area contributed by atoms with Crippen LogP contribution in [0.25, 0.3) is 11.3 Å². The Morgan fingerprint density at radius 2 is 1.45 bits per heavy atom. The standard InChI is InChI=1S/C19H15F3N4O3/c1-28-17-11-10-16(25-26-17)12-2-4-13(5-3-12)23-18(27)24-14-6-8-15(9-7-14)29-19(20,21)22/h2-11H,1H3,(H2,23,24,27). The van der Waals surface area contributed by atoms with E-state index in [4.69, 9.17) is 4.74 Å². The SMILES string of the molecule is COc1ccc(-c2ccc(NC(=O)Nc3ccc(OC(F)(F)F)cc3)cc2)nn1. The zero-order valence-electron chi connectivity index (χ0n) is 15.0. The summed E-state index contributed by atoms with van der Waals surface area (Å²) in [5.41, 5.74) is 2.27. The second kappa shape index (κ2) is 8.46. The van der Waals surface area contributed by atoms with Crippen LogP contribution in [-0.2, 0) is 0 Å². The first-order valence-electron chi connectivity index (χ1n) is 8.24. The number of anilines is 2. The summed E-state index contributed by atoms with van der Waals surface area (Å²) in [6, 6.07) is 14.6. The van der Waals surface area contributed by atoms with Gasteiger partial charge in [-0.25, -0.2) is 4.79 Å². The van der Waals surface area contributed by atoms with Crippen molar-refractivity contribution in [1.29, 1.82) is 0 Å². The van der Waals surface area contributed by atoms with Crippen LogP contribution in [0.5, 0.6) is 11.6 Å². The van der Waals surface area contributed by atoms with Crippen molar-refractivity contribution < 1.29 is 27.4 Å². The fourth-order valence-electron chi connectivity index (χ4n) is 2.34. The molecule has 0 bridgehead atoms. The van der Waals surface area contributed by atoms with Gasteiger partial charge in [0.1, 0.15) is 5.75 Å². The summed E-state index contributed by atoms with van der Waals surface area (Å²) in [5.74, 6) is 0.0300. The van der Waals surface area contributed by atoms with E-state index >= 15 is 0 Å². The zero-order valence-corrected chi connectivity index (χ0v) is 15.0. The molecule has 150 valence electrons. The maximum absolute atomic E-state index is 12.2. The Morgan fingerprint density at radius 1 is 0.862 bits per heavy atom. The van der Waals surface area contributed by atoms with Crippen LogP contribution in [0.2, 0.25) is 0 Å². The van der Waals surface area contributed by atoms with E-state index in [-0.39, 0.29) is 5.75 Å². The predicted molar refractivity (Wildman–Crippen MR) is 99.8 cm³/mol. The molecule has 0 unspecified atom stereocenters. The molecule has 0 aliphatic carbocycles. The van der Waals surface area contributed by atoms with Crippen LogP contribution in [0, 0.1) is 0 Å². The summed E-state index contributed by atoms with van der Waals surface area (Å²) >= 11 is 0. The molecule has 0 fully saturated rings. The van der Waals surface area contributed by atoms with Gasteiger partial charge in [-0.3, -0.25) is 0 Å². The molecule has 29 heavy (non-hydrogen) atoms. The number of urea groups is 1. The molecule has 0 radical (unpaired) electrons. The highest BCUT2D eigenvalue weighted by atomic mass is 19.4. The van der Waals surface area contributed by atoms with Crippen LogP contribution < -0.4 is 20.1 Å². The summed E-state index contributed by atoms with van der Waals surface area (Å²) in [6.07, 6.45) is -4.77. The number of amides is 2. The molecule has 3 aromatic rings. The number of carbonyl (C=O) groups is 1. The van der Waals surface area contributed by atoms with E-state index in [2.05, 4.69) is 25.6 Å². The first-order valence-corrected chi connectivity index (χ1v) is 8.24. The maximum Gasteiger partial charge on any atom is 0.573 e. The van der Waals surface area contributed by atoms with Gasteiger partial charge >= 0.3 is 12.4 Å². The van der Waals surface area contributed by atoms with Gasteiger partial charge in [-0.05, 0) is 42.5 Å². The average molecular weight is 404 g/mol. The Kier molecular flexibility index (Phi) is 5.82. The molecular formula is C19H15F3N4O3. The molecule has 2 amide bonds. The number of ether oxygens (including phenoxy) is 2. The molecule has 7 nitrogen and oxygen atoms in total. The number of rotatable bonds is 5. The molecule has 1 aromatic heterocycles. The minimum atomic E-state index is -4.77. The van der Waals surface area contributed by atoms with E-state index < -0.39 is 12.4 Å². The van der Waals surface area contributed by atoms with E-state index in [9.17, 15) is 18.0 Å². The molecule has 0 aliphatic heterocycles. The molecule has 1 heterocycles. The molecule has 0 atom stereocenters. The smallest absolute Gasteiger partial charge is 0.480 e. The fourth-order valence-corrected chi connectivity index (χ4v) is 2.34. The third kappa shape index (κ3) is 5.83. The predicted octanol–water partition coefficient (Wildman–Crippen LogP) is 4.69. The lowest BCUT2D eigenvalue weighted by molar-refractivity contribution is -0.274. The van der Waals surface area contributed by atoms with Crippen LogP contribution in [0.4, 0.5) is 29.3 Å². The molecule has 2 N–H and O–H groups in total. The minimum absolute atomic E-state index is 0.308. The van der Waals surface area contributed by atoms with Crippen molar-refractivity contribution in [2.75, 3.05) is 17.7 Å². The second-order valence-corrected chi connectivity index (χ2v) is 5.69. The number of carbonyl (C=O) groups excluding carboxylic acids is 1. The Morgan fingerprint density at radius 3 is 1.93 bits per heavy atom. The van der Waals surface area contributed by atoms with Crippen molar-refractivity contribution in [3.05, 3.63) is 60.7 Å². The number of hydrogen-bond acceptors (Lipinski definition) is 5. The van der Waals surface area contributed by atoms with E-state index in [0.29, 0.717) is 22.9 Å². The Bertz CT molecular complexity index is 960. The van der Waals surface area contributed by atoms with Gasteiger partial charge in [-0.1, -0.05) is 12.1 Å². The third-order valence-corrected chi connectivity index (χ3v) is 3.63. The lowest BCUT2D eigenvalue weighted by Gasteiger charge is -2.11. The van der Waals surface area contributed by atoms with Gasteiger partial charge in [-0.2, -0.15) is 0 Å². The summed E-state index contributed by atoms with van der Waals surface area (Å²) < 4.78 is 45.2. The molecule has 0 spiro atoms. The lowest BCUT2D eigenvalue weighted by Crippen LogP contribution is -2.19. The Balaban J connectivity index is 1.57. The highest BCUT2D eigenvalue weighted by Gasteiger charge is 2.30. The van der Waals surface area contributed by atoms with Gasteiger partial charge in [0.05, 0.1) is 12.8 Å². The van der Waals surface area contributed by atoms with Gasteiger partial charge in [0.25, 0.3) is 0 Å². The number of benzene rings is 2. The molecular weight excluding hydrogens is 389 g/mol. The number of alkyl halides is 3. The summed E-state index contributed by atoms with van der Waals surface area (Å²) in [4.78, 5) is 12.1. The number of hydrogen-bond donors (Lipinski definition) is 2. The first kappa shape index (κ1) is 19.9. The topological polar surface area (TPSA) is 85.4 Å². The molecule has 0 aliphatic rings. The van der Waals surface area contributed by atoms with E-state index in [0.717, 1.165) is 17.7 Å². The molecule has 0 saturated carbocycles. The van der Waals surface area contributed by atoms with Crippen LogP contribution in [0.3, 0.4) is 0 Å². The first-order chi connectivity index (χ1) is 13.8. The number of halogens is 3. The zero-order chi connectivity index (χ0) is 20.9. The fraction of sp³-hybridized carbons (Fsp3) is 0.105. The monoisotopic (exact) mass is 404 g/mol. The van der Waals surface area contributed by atoms with E-state index in [1.54, 1.807) is 36.4 Å². The van der Waals surface area contributed by atoms with E-state index in [1.807, 2.05) is 0 Å². The summed E-state index contributed by atoms with van der Waals surface area (Å²) in [7, 11) is 1.50. The van der Waals surface area contributed by atoms with Crippen LogP contribution in [0.1, 0.15) is 0 Å². The highest BCUT2D eigenvalue weighted by molar-refractivity contribution is 5.99. The van der Waals surface area contributed by atoms with E-state index in [1.165, 1.54) is 19.2 Å². The number of nitrogens with one attached hydrogen (secondary N) is 2. The molecule has 2 aromatic carbocycles. The largest absolute Gasteiger partial charge is 0.573 e. The molecule has 3 rings (SSSR count). The summed E-state index contributed by atoms with van der Waals surface area (Å²) in [6.45, 7) is 0. The van der Waals surface area contributed by atoms with Crippen molar-refractivity contribution in [3.8, 4) is 22.9 Å². The van der Waals surface area contributed by atoms with Crippen molar-refractivity contribution >= 4 is 17.4 Å². The van der Waals surface area contributed by atoms with Crippen LogP contribution >= 0.6 is 0 Å². The molecule has 10 heteroatoms. The van der Waals surface area contributed by atoms with Crippen LogP contribution in [-0.4, -0.2) is 29.7 Å². The van der Waals surface area contributed by atoms with Crippen molar-refractivity contribution in [3.63, 3.8) is 0 Å². The lowest BCUT2D eigenvalue weighted by atomic mass is 10.1. The van der Waals surface area contributed by atoms with Gasteiger partial charge in [0, 0.05) is 23.0 Å². The Labute approximate surface area is 163 Å². The van der Waals surface area contributed by atoms with Crippen molar-refractivity contribution in [2.45, 2.75) is 6.36 Å². The van der Waals surface area contributed by atoms with Crippen molar-refractivity contribution in [2.24, 2.45) is 0 Å². The van der Waals surface area contributed by atoms with Gasteiger partial charge in [0.15, 0.2) is 0 Å². The molecule has 0 saturated heterocycles. The number of methoxy groups -OCH3 is 1. The average Bonchev–Trinajstić information content (AvgIpc) is 2.69. The minimum Gasteiger partial charge on any atom is -0.480 e. The third-order valence-electron chi connectivity index (χ3n) is 3.63. The van der Waals surface area contributed by atoms with Crippen molar-refractivity contribution in [1.82, 2.24) is 10.2 Å².